The van der Waals surface area contributed by atoms with E-state index in [1.807, 2.05) is 35.2 Å². The number of ether oxygens (including phenoxy) is 1. The van der Waals surface area contributed by atoms with E-state index in [1.54, 1.807) is 0 Å². The van der Waals surface area contributed by atoms with Crippen molar-refractivity contribution in [1.29, 1.82) is 0 Å². The molecule has 2 aliphatic heterocycles. The van der Waals surface area contributed by atoms with Crippen LogP contribution in [-0.2, 0) is 9.53 Å². The van der Waals surface area contributed by atoms with Gasteiger partial charge in [0, 0.05) is 43.7 Å². The lowest BCUT2D eigenvalue weighted by atomic mass is 9.93. The molecule has 2 fully saturated rings. The average molecular weight is 340 g/mol. The van der Waals surface area contributed by atoms with Gasteiger partial charge in [-0.1, -0.05) is 30.3 Å². The Kier molecular flexibility index (Phi) is 4.78. The monoisotopic (exact) mass is 340 g/mol. The van der Waals surface area contributed by atoms with Crippen molar-refractivity contribution in [3.05, 3.63) is 36.2 Å². The van der Waals surface area contributed by atoms with Gasteiger partial charge < -0.3 is 9.64 Å². The summed E-state index contributed by atoms with van der Waals surface area (Å²) in [6.07, 6.45) is 3.75. The first-order valence-electron chi connectivity index (χ1n) is 9.15. The van der Waals surface area contributed by atoms with Crippen LogP contribution in [0.25, 0.3) is 11.4 Å². The molecule has 132 valence electrons. The van der Waals surface area contributed by atoms with Crippen LogP contribution in [0.5, 0.6) is 0 Å². The third-order valence-electron chi connectivity index (χ3n) is 5.22. The highest BCUT2D eigenvalue weighted by Gasteiger charge is 2.31. The number of benzene rings is 1. The van der Waals surface area contributed by atoms with Crippen molar-refractivity contribution in [2.45, 2.75) is 31.6 Å². The highest BCUT2D eigenvalue weighted by Crippen LogP contribution is 2.28. The lowest BCUT2D eigenvalue weighted by Gasteiger charge is -2.35. The predicted molar refractivity (Wildman–Crippen MR) is 93.9 cm³/mol. The van der Waals surface area contributed by atoms with E-state index in [0.717, 1.165) is 56.0 Å². The van der Waals surface area contributed by atoms with Crippen molar-refractivity contribution in [1.82, 2.24) is 20.1 Å². The van der Waals surface area contributed by atoms with E-state index < -0.39 is 0 Å². The van der Waals surface area contributed by atoms with Crippen LogP contribution in [0.2, 0.25) is 0 Å². The molecule has 1 aromatic carbocycles. The van der Waals surface area contributed by atoms with Crippen LogP contribution >= 0.6 is 0 Å². The molecule has 6 heteroatoms. The molecule has 0 aliphatic carbocycles. The normalized spacial score (nSPS) is 22.1. The number of aromatic nitrogens is 3. The average Bonchev–Trinajstić information content (AvgIpc) is 3.19. The molecule has 0 radical (unpaired) electrons. The van der Waals surface area contributed by atoms with E-state index >= 15 is 0 Å². The molecule has 4 rings (SSSR count). The van der Waals surface area contributed by atoms with E-state index in [4.69, 9.17) is 4.74 Å². The van der Waals surface area contributed by atoms with Gasteiger partial charge >= 0.3 is 0 Å². The van der Waals surface area contributed by atoms with Crippen LogP contribution in [-0.4, -0.2) is 52.3 Å². The molecular weight excluding hydrogens is 316 g/mol. The fraction of sp³-hybridized carbons (Fsp3) is 0.526. The minimum absolute atomic E-state index is 0.127. The summed E-state index contributed by atoms with van der Waals surface area (Å²) >= 11 is 0. The van der Waals surface area contributed by atoms with Crippen molar-refractivity contribution >= 4 is 5.91 Å². The molecule has 2 aliphatic rings. The van der Waals surface area contributed by atoms with E-state index in [0.29, 0.717) is 13.2 Å². The van der Waals surface area contributed by atoms with Crippen LogP contribution < -0.4 is 0 Å². The van der Waals surface area contributed by atoms with Gasteiger partial charge in [0.1, 0.15) is 5.82 Å². The maximum absolute atomic E-state index is 12.8. The Balaban J connectivity index is 1.44. The molecule has 0 spiro atoms. The maximum Gasteiger partial charge on any atom is 0.225 e. The molecule has 0 bridgehead atoms. The van der Waals surface area contributed by atoms with Crippen molar-refractivity contribution in [2.24, 2.45) is 5.92 Å². The van der Waals surface area contributed by atoms with Crippen LogP contribution in [0.1, 0.15) is 37.4 Å². The number of amides is 1. The molecule has 1 atom stereocenters. The molecule has 3 heterocycles. The Morgan fingerprint density at radius 1 is 1.16 bits per heavy atom. The van der Waals surface area contributed by atoms with Gasteiger partial charge in [-0.25, -0.2) is 4.98 Å². The van der Waals surface area contributed by atoms with Gasteiger partial charge in [-0.3, -0.25) is 9.89 Å². The zero-order chi connectivity index (χ0) is 17.1. The van der Waals surface area contributed by atoms with Gasteiger partial charge in [-0.05, 0) is 25.7 Å². The van der Waals surface area contributed by atoms with Crippen LogP contribution in [0.15, 0.2) is 30.3 Å². The number of nitrogens with one attached hydrogen (secondary N) is 1. The first-order valence-corrected chi connectivity index (χ1v) is 9.15. The SMILES string of the molecule is O=C(C1CCOCC1)N1CCC[C@@H](c2nc(-c3ccccc3)n[nH]2)C1. The Morgan fingerprint density at radius 2 is 1.96 bits per heavy atom. The molecule has 2 aromatic rings. The summed E-state index contributed by atoms with van der Waals surface area (Å²) in [4.78, 5) is 19.5. The Labute approximate surface area is 147 Å². The quantitative estimate of drug-likeness (QED) is 0.932. The standard InChI is InChI=1S/C19H24N4O2/c24-19(15-8-11-25-12-9-15)23-10-4-7-16(13-23)18-20-17(21-22-18)14-5-2-1-3-6-14/h1-3,5-6,15-16H,4,7-13H2,(H,20,21,22)/t16-/m1/s1. The number of hydrogen-bond donors (Lipinski definition) is 1. The van der Waals surface area contributed by atoms with Crippen molar-refractivity contribution < 1.29 is 9.53 Å². The molecule has 1 N–H and O–H groups in total. The predicted octanol–water partition coefficient (Wildman–Crippen LogP) is 2.60. The van der Waals surface area contributed by atoms with Gasteiger partial charge in [-0.15, -0.1) is 0 Å². The molecule has 1 amide bonds. The van der Waals surface area contributed by atoms with E-state index in [9.17, 15) is 4.79 Å². The Morgan fingerprint density at radius 3 is 2.76 bits per heavy atom. The number of H-pyrrole nitrogens is 1. The molecule has 1 aromatic heterocycles. The van der Waals surface area contributed by atoms with E-state index in [-0.39, 0.29) is 17.7 Å². The third-order valence-corrected chi connectivity index (χ3v) is 5.22. The van der Waals surface area contributed by atoms with Crippen LogP contribution in [0.4, 0.5) is 0 Å². The second kappa shape index (κ2) is 7.35. The van der Waals surface area contributed by atoms with Gasteiger partial charge in [0.25, 0.3) is 0 Å². The smallest absolute Gasteiger partial charge is 0.225 e. The van der Waals surface area contributed by atoms with Gasteiger partial charge in [0.15, 0.2) is 5.82 Å². The topological polar surface area (TPSA) is 71.1 Å². The van der Waals surface area contributed by atoms with Crippen LogP contribution in [0.3, 0.4) is 0 Å². The number of rotatable bonds is 3. The summed E-state index contributed by atoms with van der Waals surface area (Å²) in [5.74, 6) is 2.27. The summed E-state index contributed by atoms with van der Waals surface area (Å²) < 4.78 is 5.38. The van der Waals surface area contributed by atoms with Gasteiger partial charge in [0.2, 0.25) is 5.91 Å². The van der Waals surface area contributed by atoms with Gasteiger partial charge in [0.05, 0.1) is 0 Å². The number of nitrogens with zero attached hydrogens (tertiary/aromatic N) is 3. The van der Waals surface area contributed by atoms with Crippen molar-refractivity contribution in [3.63, 3.8) is 0 Å². The minimum atomic E-state index is 0.127. The van der Waals surface area contributed by atoms with Crippen molar-refractivity contribution in [2.75, 3.05) is 26.3 Å². The number of piperidine rings is 1. The van der Waals surface area contributed by atoms with Crippen LogP contribution in [0, 0.1) is 5.92 Å². The number of carbonyl (C=O) groups is 1. The summed E-state index contributed by atoms with van der Waals surface area (Å²) in [7, 11) is 0. The second-order valence-electron chi connectivity index (χ2n) is 6.92. The molecule has 25 heavy (non-hydrogen) atoms. The number of aromatic amines is 1. The summed E-state index contributed by atoms with van der Waals surface area (Å²) in [6, 6.07) is 9.97. The molecule has 6 nitrogen and oxygen atoms in total. The third kappa shape index (κ3) is 3.58. The molecule has 0 unspecified atom stereocenters. The highest BCUT2D eigenvalue weighted by atomic mass is 16.5. The first kappa shape index (κ1) is 16.3. The van der Waals surface area contributed by atoms with Gasteiger partial charge in [-0.2, -0.15) is 5.10 Å². The summed E-state index contributed by atoms with van der Waals surface area (Å²) in [5, 5.41) is 7.46. The molecule has 2 saturated heterocycles. The lowest BCUT2D eigenvalue weighted by molar-refractivity contribution is -0.139. The summed E-state index contributed by atoms with van der Waals surface area (Å²) in [6.45, 7) is 3.00. The second-order valence-corrected chi connectivity index (χ2v) is 6.92. The fourth-order valence-electron chi connectivity index (χ4n) is 3.78. The van der Waals surface area contributed by atoms with E-state index in [2.05, 4.69) is 15.2 Å². The first-order chi connectivity index (χ1) is 12.3. The summed E-state index contributed by atoms with van der Waals surface area (Å²) in [5.41, 5.74) is 1.01. The molecular formula is C19H24N4O2. The lowest BCUT2D eigenvalue weighted by Crippen LogP contribution is -2.43. The number of carbonyl (C=O) groups excluding carboxylic acids is 1. The Hall–Kier alpha value is -2.21. The largest absolute Gasteiger partial charge is 0.381 e. The maximum atomic E-state index is 12.8. The zero-order valence-corrected chi connectivity index (χ0v) is 14.4. The number of likely N-dealkylation sites (tertiary alicyclic amines) is 1. The van der Waals surface area contributed by atoms with Crippen molar-refractivity contribution in [3.8, 4) is 11.4 Å². The molecule has 0 saturated carbocycles. The fourth-order valence-corrected chi connectivity index (χ4v) is 3.78. The number of hydrogen-bond acceptors (Lipinski definition) is 4. The van der Waals surface area contributed by atoms with E-state index in [1.165, 1.54) is 0 Å². The Bertz CT molecular complexity index is 709. The minimum Gasteiger partial charge on any atom is -0.381 e. The highest BCUT2D eigenvalue weighted by molar-refractivity contribution is 5.79. The zero-order valence-electron chi connectivity index (χ0n) is 14.4.